The van der Waals surface area contributed by atoms with Crippen LogP contribution >= 0.6 is 0 Å². The number of aliphatic hydroxyl groups excluding tert-OH is 3. The van der Waals surface area contributed by atoms with Gasteiger partial charge in [0.15, 0.2) is 0 Å². The molecular formula is C25H40O5. The highest BCUT2D eigenvalue weighted by molar-refractivity contribution is 5.77. The third kappa shape index (κ3) is 3.78. The fraction of sp³-hybridized carbons (Fsp3) is 0.800. The van der Waals surface area contributed by atoms with Crippen LogP contribution < -0.4 is 0 Å². The third-order valence-electron chi connectivity index (χ3n) is 8.88. The Morgan fingerprint density at radius 2 is 1.83 bits per heavy atom. The van der Waals surface area contributed by atoms with Crippen molar-refractivity contribution in [2.75, 3.05) is 26.4 Å². The Labute approximate surface area is 181 Å². The Morgan fingerprint density at radius 1 is 1.17 bits per heavy atom. The number of allylic oxidation sites excluding steroid dienone is 3. The van der Waals surface area contributed by atoms with Crippen LogP contribution in [0.25, 0.3) is 0 Å². The molecule has 3 rings (SSSR count). The highest BCUT2D eigenvalue weighted by Crippen LogP contribution is 2.64. The van der Waals surface area contributed by atoms with Gasteiger partial charge in [-0.25, -0.2) is 0 Å². The van der Waals surface area contributed by atoms with Gasteiger partial charge in [0.05, 0.1) is 30.7 Å². The molecule has 0 aromatic carbocycles. The van der Waals surface area contributed by atoms with Crippen molar-refractivity contribution in [3.8, 4) is 0 Å². The second-order valence-corrected chi connectivity index (χ2v) is 10.9. The summed E-state index contributed by atoms with van der Waals surface area (Å²) in [5.74, 6) is 0.494. The maximum absolute atomic E-state index is 13.3. The zero-order valence-electron chi connectivity index (χ0n) is 19.0. The van der Waals surface area contributed by atoms with Gasteiger partial charge in [-0.15, -0.1) is 6.58 Å². The molecule has 3 N–H and O–H groups in total. The van der Waals surface area contributed by atoms with E-state index in [4.69, 9.17) is 4.74 Å². The van der Waals surface area contributed by atoms with Crippen LogP contribution in [0, 0.1) is 33.5 Å². The Morgan fingerprint density at radius 3 is 2.43 bits per heavy atom. The molecule has 5 atom stereocenters. The highest BCUT2D eigenvalue weighted by atomic mass is 16.5. The Hall–Kier alpha value is -1.17. The Balaban J connectivity index is 1.83. The number of fused-ring (bicyclic) bond motifs is 3. The van der Waals surface area contributed by atoms with Gasteiger partial charge in [0.2, 0.25) is 0 Å². The summed E-state index contributed by atoms with van der Waals surface area (Å²) in [7, 11) is 0. The maximum atomic E-state index is 13.3. The quantitative estimate of drug-likeness (QED) is 0.432. The lowest BCUT2D eigenvalue weighted by Gasteiger charge is -2.59. The minimum Gasteiger partial charge on any atom is -0.464 e. The van der Waals surface area contributed by atoms with Crippen LogP contribution in [-0.2, 0) is 9.53 Å². The van der Waals surface area contributed by atoms with Gasteiger partial charge >= 0.3 is 5.97 Å². The van der Waals surface area contributed by atoms with Gasteiger partial charge in [-0.3, -0.25) is 4.79 Å². The molecule has 0 unspecified atom stereocenters. The van der Waals surface area contributed by atoms with Crippen molar-refractivity contribution >= 4 is 5.97 Å². The van der Waals surface area contributed by atoms with Crippen molar-refractivity contribution in [3.05, 3.63) is 24.3 Å². The monoisotopic (exact) mass is 420 g/mol. The predicted molar refractivity (Wildman–Crippen MR) is 117 cm³/mol. The van der Waals surface area contributed by atoms with Gasteiger partial charge in [-0.1, -0.05) is 38.0 Å². The van der Waals surface area contributed by atoms with Crippen LogP contribution in [0.2, 0.25) is 0 Å². The van der Waals surface area contributed by atoms with E-state index in [1.807, 2.05) is 6.92 Å². The van der Waals surface area contributed by atoms with Gasteiger partial charge in [-0.2, -0.15) is 0 Å². The lowest BCUT2D eigenvalue weighted by Crippen LogP contribution is -2.55. The number of hydrogen-bond donors (Lipinski definition) is 3. The zero-order chi connectivity index (χ0) is 22.2. The zero-order valence-corrected chi connectivity index (χ0v) is 19.0. The lowest BCUT2D eigenvalue weighted by molar-refractivity contribution is -0.178. The van der Waals surface area contributed by atoms with Crippen LogP contribution in [0.3, 0.4) is 0 Å². The fourth-order valence-electron chi connectivity index (χ4n) is 6.60. The van der Waals surface area contributed by atoms with Crippen molar-refractivity contribution < 1.29 is 24.9 Å². The average molecular weight is 421 g/mol. The predicted octanol–water partition coefficient (Wildman–Crippen LogP) is 3.63. The maximum Gasteiger partial charge on any atom is 0.312 e. The van der Waals surface area contributed by atoms with Crippen LogP contribution in [-0.4, -0.2) is 47.7 Å². The smallest absolute Gasteiger partial charge is 0.312 e. The van der Waals surface area contributed by atoms with Gasteiger partial charge in [0.1, 0.15) is 6.61 Å². The van der Waals surface area contributed by atoms with E-state index in [9.17, 15) is 20.1 Å². The van der Waals surface area contributed by atoms with Gasteiger partial charge in [-0.05, 0) is 62.7 Å². The molecule has 0 aromatic heterocycles. The molecule has 5 heteroatoms. The summed E-state index contributed by atoms with van der Waals surface area (Å²) < 4.78 is 5.66. The van der Waals surface area contributed by atoms with E-state index < -0.39 is 30.7 Å². The normalized spacial score (nSPS) is 38.8. The molecule has 0 aliphatic heterocycles. The number of ether oxygens (including phenoxy) is 1. The minimum atomic E-state index is -1.19. The summed E-state index contributed by atoms with van der Waals surface area (Å²) in [4.78, 5) is 13.3. The molecule has 170 valence electrons. The molecule has 0 saturated heterocycles. The summed E-state index contributed by atoms with van der Waals surface area (Å²) >= 11 is 0. The minimum absolute atomic E-state index is 0.0701. The molecule has 5 nitrogen and oxygen atoms in total. The van der Waals surface area contributed by atoms with Gasteiger partial charge < -0.3 is 20.1 Å². The van der Waals surface area contributed by atoms with Crippen LogP contribution in [0.15, 0.2) is 24.3 Å². The molecule has 30 heavy (non-hydrogen) atoms. The molecule has 2 saturated carbocycles. The molecule has 3 aliphatic carbocycles. The fourth-order valence-corrected chi connectivity index (χ4v) is 6.60. The summed E-state index contributed by atoms with van der Waals surface area (Å²) in [6.07, 6.45) is 11.7. The first-order chi connectivity index (χ1) is 14.1. The Bertz CT molecular complexity index is 687. The number of hydrogen-bond acceptors (Lipinski definition) is 5. The van der Waals surface area contributed by atoms with E-state index in [-0.39, 0.29) is 29.3 Å². The van der Waals surface area contributed by atoms with E-state index in [2.05, 4.69) is 32.6 Å². The molecule has 0 aromatic rings. The van der Waals surface area contributed by atoms with Gasteiger partial charge in [0.25, 0.3) is 0 Å². The number of rotatable bonds is 7. The summed E-state index contributed by atoms with van der Waals surface area (Å²) in [5, 5.41) is 28.7. The molecule has 0 amide bonds. The van der Waals surface area contributed by atoms with Gasteiger partial charge in [0, 0.05) is 5.41 Å². The van der Waals surface area contributed by atoms with Crippen LogP contribution in [0.4, 0.5) is 0 Å². The summed E-state index contributed by atoms with van der Waals surface area (Å²) in [6, 6.07) is 0. The number of carbonyl (C=O) groups excluding carboxylic acids is 1. The lowest BCUT2D eigenvalue weighted by atomic mass is 9.45. The highest BCUT2D eigenvalue weighted by Gasteiger charge is 2.59. The summed E-state index contributed by atoms with van der Waals surface area (Å²) in [6.45, 7) is 9.27. The number of aliphatic hydroxyl groups is 3. The van der Waals surface area contributed by atoms with Crippen molar-refractivity contribution in [2.45, 2.75) is 65.7 Å². The van der Waals surface area contributed by atoms with E-state index >= 15 is 0 Å². The van der Waals surface area contributed by atoms with Crippen molar-refractivity contribution in [1.82, 2.24) is 0 Å². The SMILES string of the molecule is C=C[C@@]1(C)C=C2CC[C@@H]3[C@](C)(CCC[C@@]3(C)C(=O)OCC(CO)(CO)CO)[C@H]2CC1. The second kappa shape index (κ2) is 8.40. The van der Waals surface area contributed by atoms with E-state index in [1.165, 1.54) is 0 Å². The molecule has 3 aliphatic rings. The topological polar surface area (TPSA) is 87.0 Å². The molecule has 0 bridgehead atoms. The standard InChI is InChI=1S/C25H40O5/c1-5-22(2)12-9-19-18(13-22)7-8-20-23(19,3)10-6-11-24(20,4)21(29)30-17-25(14-26,15-27)16-28/h5,13,19-20,26-28H,1,6-12,14-17H2,2-4H3/t19-,20+,22+,23+,24+/m0/s1. The molecule has 0 radical (unpaired) electrons. The number of esters is 1. The average Bonchev–Trinajstić information content (AvgIpc) is 2.74. The molecule has 2 fully saturated rings. The van der Waals surface area contributed by atoms with E-state index in [1.54, 1.807) is 5.57 Å². The molecule has 0 spiro atoms. The first kappa shape index (κ1) is 23.5. The van der Waals surface area contributed by atoms with Crippen molar-refractivity contribution in [1.29, 1.82) is 0 Å². The molecule has 0 heterocycles. The largest absolute Gasteiger partial charge is 0.464 e. The number of carbonyl (C=O) groups is 1. The van der Waals surface area contributed by atoms with E-state index in [0.29, 0.717) is 5.92 Å². The third-order valence-corrected chi connectivity index (χ3v) is 8.88. The van der Waals surface area contributed by atoms with Crippen LogP contribution in [0.5, 0.6) is 0 Å². The summed E-state index contributed by atoms with van der Waals surface area (Å²) in [5.41, 5.74) is -0.0799. The Kier molecular flexibility index (Phi) is 6.58. The first-order valence-corrected chi connectivity index (χ1v) is 11.5. The van der Waals surface area contributed by atoms with Crippen LogP contribution in [0.1, 0.15) is 65.7 Å². The second-order valence-electron chi connectivity index (χ2n) is 10.9. The first-order valence-electron chi connectivity index (χ1n) is 11.5. The van der Waals surface area contributed by atoms with Crippen molar-refractivity contribution in [3.63, 3.8) is 0 Å². The molecular weight excluding hydrogens is 380 g/mol. The van der Waals surface area contributed by atoms with E-state index in [0.717, 1.165) is 44.9 Å². The van der Waals surface area contributed by atoms with Crippen molar-refractivity contribution in [2.24, 2.45) is 33.5 Å².